The molecule has 9 heteroatoms. The number of rotatable bonds is 3. The van der Waals surface area contributed by atoms with Gasteiger partial charge in [-0.1, -0.05) is 6.07 Å². The molecule has 1 heterocycles. The van der Waals surface area contributed by atoms with Gasteiger partial charge in [0.2, 0.25) is 10.0 Å². The molecular formula is C12H18ClN3O4S. The molecule has 0 spiro atoms. The number of hydrogen-bond acceptors (Lipinski definition) is 5. The van der Waals surface area contributed by atoms with Crippen LogP contribution in [-0.2, 0) is 10.0 Å². The second kappa shape index (κ2) is 6.69. The van der Waals surface area contributed by atoms with Crippen LogP contribution < -0.4 is 5.32 Å². The van der Waals surface area contributed by atoms with E-state index in [0.29, 0.717) is 25.2 Å². The third-order valence-electron chi connectivity index (χ3n) is 3.41. The lowest BCUT2D eigenvalue weighted by molar-refractivity contribution is -0.385. The summed E-state index contributed by atoms with van der Waals surface area (Å²) in [5, 5.41) is 13.9. The number of halogens is 1. The molecule has 2 rings (SSSR count). The van der Waals surface area contributed by atoms with E-state index in [2.05, 4.69) is 5.32 Å². The Morgan fingerprint density at radius 2 is 2.10 bits per heavy atom. The molecule has 0 aliphatic carbocycles. The summed E-state index contributed by atoms with van der Waals surface area (Å²) in [5.41, 5.74) is 0.304. The lowest BCUT2D eigenvalue weighted by Crippen LogP contribution is -2.52. The first-order valence-electron chi connectivity index (χ1n) is 6.31. The molecule has 1 aliphatic rings. The third kappa shape index (κ3) is 3.52. The van der Waals surface area contributed by atoms with Crippen LogP contribution >= 0.6 is 12.4 Å². The van der Waals surface area contributed by atoms with E-state index in [1.807, 2.05) is 6.92 Å². The molecule has 118 valence electrons. The summed E-state index contributed by atoms with van der Waals surface area (Å²) in [6.45, 7) is 4.98. The molecule has 0 amide bonds. The Kier molecular flexibility index (Phi) is 5.68. The van der Waals surface area contributed by atoms with Crippen LogP contribution in [0.15, 0.2) is 23.1 Å². The van der Waals surface area contributed by atoms with Gasteiger partial charge in [0.1, 0.15) is 0 Å². The molecule has 1 N–H and O–H groups in total. The van der Waals surface area contributed by atoms with E-state index in [1.54, 1.807) is 6.92 Å². The SMILES string of the molecule is Cc1ccc([N+](=O)[O-])cc1S(=O)(=O)N1CCNC[C@H]1C.Cl. The summed E-state index contributed by atoms with van der Waals surface area (Å²) >= 11 is 0. The van der Waals surface area contributed by atoms with Crippen molar-refractivity contribution in [2.24, 2.45) is 0 Å². The molecule has 0 aromatic heterocycles. The Balaban J connectivity index is 0.00000220. The van der Waals surface area contributed by atoms with Crippen molar-refractivity contribution in [3.05, 3.63) is 33.9 Å². The molecule has 1 fully saturated rings. The number of sulfonamides is 1. The van der Waals surface area contributed by atoms with E-state index in [4.69, 9.17) is 0 Å². The van der Waals surface area contributed by atoms with Crippen molar-refractivity contribution in [3.8, 4) is 0 Å². The number of nitrogens with zero attached hydrogens (tertiary/aromatic N) is 2. The Bertz CT molecular complexity index is 635. The monoisotopic (exact) mass is 335 g/mol. The molecule has 1 aromatic carbocycles. The summed E-state index contributed by atoms with van der Waals surface area (Å²) in [7, 11) is -3.71. The number of aryl methyl sites for hydroxylation is 1. The number of nitro benzene ring substituents is 1. The second-order valence-electron chi connectivity index (χ2n) is 4.88. The van der Waals surface area contributed by atoms with Crippen LogP contribution in [0.3, 0.4) is 0 Å². The van der Waals surface area contributed by atoms with Crippen LogP contribution in [0.4, 0.5) is 5.69 Å². The van der Waals surface area contributed by atoms with Crippen LogP contribution in [0.2, 0.25) is 0 Å². The number of non-ortho nitro benzene ring substituents is 1. The van der Waals surface area contributed by atoms with Gasteiger partial charge in [-0.05, 0) is 19.4 Å². The first kappa shape index (κ1) is 17.8. The fourth-order valence-electron chi connectivity index (χ4n) is 2.29. The minimum atomic E-state index is -3.71. The summed E-state index contributed by atoms with van der Waals surface area (Å²) in [6, 6.07) is 3.75. The fraction of sp³-hybridized carbons (Fsp3) is 0.500. The Labute approximate surface area is 129 Å². The Hall–Kier alpha value is -1.22. The van der Waals surface area contributed by atoms with Gasteiger partial charge in [-0.15, -0.1) is 12.4 Å². The normalized spacial score (nSPS) is 19.8. The van der Waals surface area contributed by atoms with E-state index in [-0.39, 0.29) is 29.0 Å². The van der Waals surface area contributed by atoms with E-state index in [0.717, 1.165) is 6.07 Å². The van der Waals surface area contributed by atoms with Gasteiger partial charge in [-0.2, -0.15) is 4.31 Å². The third-order valence-corrected chi connectivity index (χ3v) is 5.57. The van der Waals surface area contributed by atoms with Crippen molar-refractivity contribution in [1.29, 1.82) is 0 Å². The number of piperazine rings is 1. The average Bonchev–Trinajstić information content (AvgIpc) is 2.39. The highest BCUT2D eigenvalue weighted by Gasteiger charge is 2.32. The predicted molar refractivity (Wildman–Crippen MR) is 81.3 cm³/mol. The Morgan fingerprint density at radius 3 is 2.67 bits per heavy atom. The van der Waals surface area contributed by atoms with Gasteiger partial charge in [-0.25, -0.2) is 8.42 Å². The number of nitrogens with one attached hydrogen (secondary N) is 1. The van der Waals surface area contributed by atoms with Crippen LogP contribution in [0.25, 0.3) is 0 Å². The molecular weight excluding hydrogens is 318 g/mol. The van der Waals surface area contributed by atoms with E-state index >= 15 is 0 Å². The van der Waals surface area contributed by atoms with Gasteiger partial charge in [0.25, 0.3) is 5.69 Å². The zero-order chi connectivity index (χ0) is 14.9. The maximum absolute atomic E-state index is 12.7. The first-order valence-corrected chi connectivity index (χ1v) is 7.75. The van der Waals surface area contributed by atoms with Crippen molar-refractivity contribution in [1.82, 2.24) is 9.62 Å². The second-order valence-corrected chi connectivity index (χ2v) is 6.73. The van der Waals surface area contributed by atoms with Crippen LogP contribution in [-0.4, -0.2) is 43.3 Å². The molecule has 0 unspecified atom stereocenters. The van der Waals surface area contributed by atoms with Gasteiger partial charge in [0.05, 0.1) is 9.82 Å². The summed E-state index contributed by atoms with van der Waals surface area (Å²) in [5.74, 6) is 0. The zero-order valence-corrected chi connectivity index (χ0v) is 13.4. The molecule has 21 heavy (non-hydrogen) atoms. The molecule has 1 atom stereocenters. The maximum atomic E-state index is 12.7. The van der Waals surface area contributed by atoms with E-state index in [1.165, 1.54) is 16.4 Å². The van der Waals surface area contributed by atoms with Crippen LogP contribution in [0.5, 0.6) is 0 Å². The number of nitro groups is 1. The van der Waals surface area contributed by atoms with Crippen molar-refractivity contribution < 1.29 is 13.3 Å². The zero-order valence-electron chi connectivity index (χ0n) is 11.8. The van der Waals surface area contributed by atoms with Crippen molar-refractivity contribution in [2.75, 3.05) is 19.6 Å². The fourth-order valence-corrected chi connectivity index (χ4v) is 4.16. The Morgan fingerprint density at radius 1 is 1.43 bits per heavy atom. The standard InChI is InChI=1S/C12H17N3O4S.ClH/c1-9-3-4-11(15(16)17)7-12(9)20(18,19)14-6-5-13-8-10(14)2;/h3-4,7,10,13H,5-6,8H2,1-2H3;1H/t10-;/m1./s1. The lowest BCUT2D eigenvalue weighted by Gasteiger charge is -2.33. The molecule has 7 nitrogen and oxygen atoms in total. The minimum Gasteiger partial charge on any atom is -0.314 e. The van der Waals surface area contributed by atoms with Crippen LogP contribution in [0, 0.1) is 17.0 Å². The smallest absolute Gasteiger partial charge is 0.270 e. The molecule has 0 saturated carbocycles. The lowest BCUT2D eigenvalue weighted by atomic mass is 10.2. The molecule has 0 radical (unpaired) electrons. The molecule has 1 saturated heterocycles. The van der Waals surface area contributed by atoms with Crippen molar-refractivity contribution >= 4 is 28.1 Å². The van der Waals surface area contributed by atoms with Crippen LogP contribution in [0.1, 0.15) is 12.5 Å². The number of hydrogen-bond donors (Lipinski definition) is 1. The van der Waals surface area contributed by atoms with Crippen molar-refractivity contribution in [3.63, 3.8) is 0 Å². The highest BCUT2D eigenvalue weighted by Crippen LogP contribution is 2.26. The number of benzene rings is 1. The highest BCUT2D eigenvalue weighted by molar-refractivity contribution is 7.89. The van der Waals surface area contributed by atoms with Gasteiger partial charge < -0.3 is 5.32 Å². The molecule has 1 aliphatic heterocycles. The van der Waals surface area contributed by atoms with Gasteiger partial charge in [-0.3, -0.25) is 10.1 Å². The van der Waals surface area contributed by atoms with E-state index < -0.39 is 14.9 Å². The largest absolute Gasteiger partial charge is 0.314 e. The van der Waals surface area contributed by atoms with Gasteiger partial charge in [0, 0.05) is 37.8 Å². The highest BCUT2D eigenvalue weighted by atomic mass is 35.5. The summed E-state index contributed by atoms with van der Waals surface area (Å²) in [4.78, 5) is 10.2. The van der Waals surface area contributed by atoms with Crippen molar-refractivity contribution in [2.45, 2.75) is 24.8 Å². The average molecular weight is 336 g/mol. The molecule has 1 aromatic rings. The minimum absolute atomic E-state index is 0. The molecule has 0 bridgehead atoms. The quantitative estimate of drug-likeness (QED) is 0.664. The van der Waals surface area contributed by atoms with Gasteiger partial charge in [0.15, 0.2) is 0 Å². The summed E-state index contributed by atoms with van der Waals surface area (Å²) in [6.07, 6.45) is 0. The topological polar surface area (TPSA) is 92.5 Å². The van der Waals surface area contributed by atoms with Gasteiger partial charge >= 0.3 is 0 Å². The van der Waals surface area contributed by atoms with E-state index in [9.17, 15) is 18.5 Å². The predicted octanol–water partition coefficient (Wildman–Crippen LogP) is 1.31. The summed E-state index contributed by atoms with van der Waals surface area (Å²) < 4.78 is 26.7. The maximum Gasteiger partial charge on any atom is 0.270 e. The first-order chi connectivity index (χ1) is 9.34.